The Morgan fingerprint density at radius 2 is 1.24 bits per heavy atom. The molecule has 0 aliphatic carbocycles. The van der Waals surface area contributed by atoms with Gasteiger partial charge in [0.25, 0.3) is 0 Å². The molecule has 0 bridgehead atoms. The van der Waals surface area contributed by atoms with Gasteiger partial charge < -0.3 is 20.4 Å². The Bertz CT molecular complexity index is 1800. The smallest absolute Gasteiger partial charge is 0.388 e. The van der Waals surface area contributed by atoms with Crippen LogP contribution in [0.4, 0.5) is 35.9 Å². The van der Waals surface area contributed by atoms with Gasteiger partial charge in [-0.05, 0) is 66.3 Å². The highest BCUT2D eigenvalue weighted by atomic mass is 19.4. The number of rotatable bonds is 7. The normalized spacial score (nSPS) is 17.1. The van der Waals surface area contributed by atoms with E-state index in [1.165, 1.54) is 12.1 Å². The second kappa shape index (κ2) is 11.4. The lowest BCUT2D eigenvalue weighted by Crippen LogP contribution is -2.34. The fourth-order valence-electron chi connectivity index (χ4n) is 5.49. The minimum Gasteiger partial charge on any atom is -0.388 e. The molecular weight excluding hydrogens is 577 g/mol. The topological polar surface area (TPSA) is 80.0 Å². The summed E-state index contributed by atoms with van der Waals surface area (Å²) in [7, 11) is 11.7. The zero-order valence-corrected chi connectivity index (χ0v) is 25.8. The maximum atomic E-state index is 13.3. The number of halogens is 3. The van der Waals surface area contributed by atoms with Crippen molar-refractivity contribution >= 4 is 51.7 Å². The van der Waals surface area contributed by atoms with Crippen molar-refractivity contribution in [1.29, 1.82) is 0 Å². The number of anilines is 4. The van der Waals surface area contributed by atoms with Crippen LogP contribution in [0.1, 0.15) is 22.3 Å². The van der Waals surface area contributed by atoms with Gasteiger partial charge in [0.2, 0.25) is 0 Å². The summed E-state index contributed by atoms with van der Waals surface area (Å²) in [6.07, 6.45) is -0.370. The highest BCUT2D eigenvalue weighted by Crippen LogP contribution is 2.39. The van der Waals surface area contributed by atoms with Crippen LogP contribution in [0.3, 0.4) is 0 Å². The quantitative estimate of drug-likeness (QED) is 0.317. The van der Waals surface area contributed by atoms with Crippen LogP contribution in [0.25, 0.3) is 5.70 Å². The van der Waals surface area contributed by atoms with Crippen LogP contribution >= 0.6 is 0 Å². The molecule has 230 valence electrons. The standard InChI is InChI=1S/C34H33F3N8/c1-38-26-17-22(44(3)4)11-13-24(26)28-15-20-16-29(25-14-12-23(45(5)6)18-27(25)39-2)41-33-30(20)32(40-28)42-31(43-33)19-7-9-21(10-8-19)34(35,36)37/h7-18,30,38-39H,1-6H3. The Morgan fingerprint density at radius 1 is 0.667 bits per heavy atom. The lowest BCUT2D eigenvalue weighted by molar-refractivity contribution is -0.137. The first-order valence-corrected chi connectivity index (χ1v) is 14.4. The maximum absolute atomic E-state index is 13.3. The summed E-state index contributed by atoms with van der Waals surface area (Å²) >= 11 is 0. The Morgan fingerprint density at radius 3 is 1.82 bits per heavy atom. The SMILES string of the molecule is CNc1cc(N(C)C)ccc1C1=CC2=CC(c3ccc(N(C)C)cc3NC)=NC3=NC(c4ccc(C(F)(F)F)cc4)=NC(=N1)C23. The Labute approximate surface area is 260 Å². The van der Waals surface area contributed by atoms with Crippen molar-refractivity contribution < 1.29 is 13.2 Å². The van der Waals surface area contributed by atoms with Crippen LogP contribution in [-0.4, -0.2) is 65.5 Å². The molecule has 2 N–H and O–H groups in total. The van der Waals surface area contributed by atoms with Crippen molar-refractivity contribution in [2.24, 2.45) is 25.9 Å². The van der Waals surface area contributed by atoms with Gasteiger partial charge in [-0.3, -0.25) is 0 Å². The first-order valence-electron chi connectivity index (χ1n) is 14.4. The predicted molar refractivity (Wildman–Crippen MR) is 180 cm³/mol. The molecule has 3 aromatic carbocycles. The van der Waals surface area contributed by atoms with Crippen LogP contribution in [0.2, 0.25) is 0 Å². The van der Waals surface area contributed by atoms with Crippen molar-refractivity contribution in [2.75, 3.05) is 62.7 Å². The van der Waals surface area contributed by atoms with Gasteiger partial charge in [0.15, 0.2) is 5.84 Å². The van der Waals surface area contributed by atoms with Crippen LogP contribution in [0.5, 0.6) is 0 Å². The second-order valence-electron chi connectivity index (χ2n) is 11.3. The molecule has 0 saturated heterocycles. The Kier molecular flexibility index (Phi) is 7.56. The molecule has 1 atom stereocenters. The number of benzene rings is 3. The molecule has 0 amide bonds. The third-order valence-corrected chi connectivity index (χ3v) is 7.97. The van der Waals surface area contributed by atoms with E-state index in [9.17, 15) is 13.2 Å². The van der Waals surface area contributed by atoms with Gasteiger partial charge in [0.05, 0.1) is 17.0 Å². The van der Waals surface area contributed by atoms with Crippen molar-refractivity contribution in [1.82, 2.24) is 0 Å². The highest BCUT2D eigenvalue weighted by molar-refractivity contribution is 6.30. The summed E-state index contributed by atoms with van der Waals surface area (Å²) in [5.41, 5.74) is 7.68. The van der Waals surface area contributed by atoms with Gasteiger partial charge in [-0.25, -0.2) is 20.0 Å². The number of alkyl halides is 3. The van der Waals surface area contributed by atoms with Gasteiger partial charge in [-0.2, -0.15) is 13.2 Å². The Balaban J connectivity index is 1.53. The lowest BCUT2D eigenvalue weighted by atomic mass is 9.86. The molecule has 3 aliphatic heterocycles. The maximum Gasteiger partial charge on any atom is 0.416 e. The fraction of sp³-hybridized carbons (Fsp3) is 0.235. The Hall–Kier alpha value is -5.19. The van der Waals surface area contributed by atoms with Gasteiger partial charge in [-0.15, -0.1) is 0 Å². The molecule has 0 aromatic heterocycles. The van der Waals surface area contributed by atoms with E-state index < -0.39 is 17.7 Å². The van der Waals surface area contributed by atoms with Crippen LogP contribution in [-0.2, 0) is 6.18 Å². The van der Waals surface area contributed by atoms with E-state index in [0.29, 0.717) is 28.6 Å². The van der Waals surface area contributed by atoms with Crippen molar-refractivity contribution in [3.8, 4) is 0 Å². The largest absolute Gasteiger partial charge is 0.416 e. The van der Waals surface area contributed by atoms with E-state index in [1.54, 1.807) is 0 Å². The molecule has 0 saturated carbocycles. The van der Waals surface area contributed by atoms with Crippen molar-refractivity contribution in [3.05, 3.63) is 101 Å². The molecule has 3 heterocycles. The molecule has 8 nitrogen and oxygen atoms in total. The first-order chi connectivity index (χ1) is 21.5. The van der Waals surface area contributed by atoms with Crippen molar-refractivity contribution in [3.63, 3.8) is 0 Å². The molecule has 0 spiro atoms. The van der Waals surface area contributed by atoms with E-state index in [0.717, 1.165) is 51.6 Å². The molecule has 6 rings (SSSR count). The molecule has 3 aliphatic rings. The fourth-order valence-corrected chi connectivity index (χ4v) is 5.49. The summed E-state index contributed by atoms with van der Waals surface area (Å²) in [6.45, 7) is 0. The second-order valence-corrected chi connectivity index (χ2v) is 11.3. The zero-order valence-electron chi connectivity index (χ0n) is 25.8. The summed E-state index contributed by atoms with van der Waals surface area (Å²) in [4.78, 5) is 23.6. The number of nitrogens with one attached hydrogen (secondary N) is 2. The van der Waals surface area contributed by atoms with Crippen LogP contribution in [0.15, 0.2) is 98.4 Å². The number of hydrogen-bond donors (Lipinski definition) is 2. The molecule has 0 radical (unpaired) electrons. The summed E-state index contributed by atoms with van der Waals surface area (Å²) in [5.74, 6) is 0.816. The molecule has 11 heteroatoms. The van der Waals surface area contributed by atoms with E-state index in [2.05, 4.69) is 22.8 Å². The van der Waals surface area contributed by atoms with E-state index in [1.807, 2.05) is 88.5 Å². The minimum absolute atomic E-state index is 0.257. The molecule has 0 fully saturated rings. The molecule has 45 heavy (non-hydrogen) atoms. The average Bonchev–Trinajstić information content (AvgIpc) is 3.03. The van der Waals surface area contributed by atoms with Gasteiger partial charge in [-0.1, -0.05) is 12.1 Å². The summed E-state index contributed by atoms with van der Waals surface area (Å²) < 4.78 is 39.9. The zero-order chi connectivity index (χ0) is 32.0. The van der Waals surface area contributed by atoms with Crippen molar-refractivity contribution in [2.45, 2.75) is 6.18 Å². The number of allylic oxidation sites excluding steroid dienone is 2. The number of dihydropyridines is 1. The third kappa shape index (κ3) is 5.61. The van der Waals surface area contributed by atoms with E-state index in [4.69, 9.17) is 20.0 Å². The van der Waals surface area contributed by atoms with Gasteiger partial charge >= 0.3 is 6.18 Å². The predicted octanol–water partition coefficient (Wildman–Crippen LogP) is 6.58. The van der Waals surface area contributed by atoms with E-state index >= 15 is 0 Å². The number of nitrogens with zero attached hydrogens (tertiary/aromatic N) is 6. The molecule has 1 unspecified atom stereocenters. The summed E-state index contributed by atoms with van der Waals surface area (Å²) in [6, 6.07) is 17.1. The molecule has 3 aromatic rings. The van der Waals surface area contributed by atoms with Crippen LogP contribution in [0, 0.1) is 5.92 Å². The highest BCUT2D eigenvalue weighted by Gasteiger charge is 2.37. The molecular formula is C34H33F3N8. The summed E-state index contributed by atoms with van der Waals surface area (Å²) in [5, 5.41) is 6.58. The lowest BCUT2D eigenvalue weighted by Gasteiger charge is -2.30. The third-order valence-electron chi connectivity index (χ3n) is 7.97. The monoisotopic (exact) mass is 610 g/mol. The first kappa shape index (κ1) is 29.9. The van der Waals surface area contributed by atoms with E-state index in [-0.39, 0.29) is 5.84 Å². The van der Waals surface area contributed by atoms with Gasteiger partial charge in [0.1, 0.15) is 17.6 Å². The van der Waals surface area contributed by atoms with Crippen LogP contribution < -0.4 is 20.4 Å². The number of hydrogen-bond acceptors (Lipinski definition) is 8. The number of amidine groups is 3. The minimum atomic E-state index is -4.44. The average molecular weight is 611 g/mol. The van der Waals surface area contributed by atoms with Gasteiger partial charge in [0, 0.05) is 81.7 Å². The number of aliphatic imine (C=N–C) groups is 4.